The Balaban J connectivity index is 2.10. The molecule has 4 heteroatoms. The monoisotopic (exact) mass is 357 g/mol. The topological polar surface area (TPSA) is 12.0 Å². The summed E-state index contributed by atoms with van der Waals surface area (Å²) in [6, 6.07) is 10.9. The van der Waals surface area contributed by atoms with E-state index < -0.39 is 0 Å². The van der Waals surface area contributed by atoms with Crippen LogP contribution in [0.25, 0.3) is 0 Å². The van der Waals surface area contributed by atoms with Crippen molar-refractivity contribution in [2.24, 2.45) is 0 Å². The molecule has 1 aromatic carbocycles. The third-order valence-corrected chi connectivity index (χ3v) is 5.12. The molecule has 102 valence electrons. The zero-order valence-corrected chi connectivity index (χ0v) is 14.4. The highest BCUT2D eigenvalue weighted by Crippen LogP contribution is 2.29. The highest BCUT2D eigenvalue weighted by molar-refractivity contribution is 9.10. The molecule has 0 aliphatic heterocycles. The molecule has 0 saturated carbocycles. The van der Waals surface area contributed by atoms with Crippen molar-refractivity contribution in [3.8, 4) is 0 Å². The maximum atomic E-state index is 6.29. The lowest BCUT2D eigenvalue weighted by molar-refractivity contribution is 0.500. The van der Waals surface area contributed by atoms with Gasteiger partial charge >= 0.3 is 0 Å². The first-order chi connectivity index (χ1) is 8.97. The summed E-state index contributed by atoms with van der Waals surface area (Å²) in [6.07, 6.45) is 0. The van der Waals surface area contributed by atoms with Gasteiger partial charge in [-0.05, 0) is 50.6 Å². The van der Waals surface area contributed by atoms with Gasteiger partial charge in [-0.25, -0.2) is 0 Å². The summed E-state index contributed by atoms with van der Waals surface area (Å²) in [5, 5.41) is 4.39. The van der Waals surface area contributed by atoms with Crippen LogP contribution >= 0.6 is 38.9 Å². The highest BCUT2D eigenvalue weighted by Gasteiger charge is 2.14. The average Bonchev–Trinajstić information content (AvgIpc) is 2.75. The highest BCUT2D eigenvalue weighted by atomic mass is 79.9. The number of hydrogen-bond donors (Lipinski definition) is 1. The Morgan fingerprint density at radius 1 is 1.16 bits per heavy atom. The fraction of sp³-hybridized carbons (Fsp3) is 0.333. The van der Waals surface area contributed by atoms with E-state index in [-0.39, 0.29) is 6.04 Å². The molecule has 1 N–H and O–H groups in total. The van der Waals surface area contributed by atoms with Crippen LogP contribution in [0.4, 0.5) is 0 Å². The van der Waals surface area contributed by atoms with Crippen molar-refractivity contribution in [2.75, 3.05) is 0 Å². The molecular formula is C15H17BrClNS. The molecule has 0 spiro atoms. The normalized spacial score (nSPS) is 14.4. The Labute approximate surface area is 132 Å². The number of benzene rings is 1. The second kappa shape index (κ2) is 6.40. The number of thiophene rings is 1. The summed E-state index contributed by atoms with van der Waals surface area (Å²) in [5.41, 5.74) is 1.13. The molecule has 0 fully saturated rings. The van der Waals surface area contributed by atoms with Crippen LogP contribution in [-0.2, 0) is 0 Å². The van der Waals surface area contributed by atoms with E-state index in [0.29, 0.717) is 6.04 Å². The minimum Gasteiger partial charge on any atom is -0.303 e. The molecule has 0 amide bonds. The molecule has 1 heterocycles. The number of nitrogens with one attached hydrogen (secondary N) is 1. The molecule has 2 rings (SSSR count). The molecule has 0 radical (unpaired) electrons. The van der Waals surface area contributed by atoms with Crippen molar-refractivity contribution in [2.45, 2.75) is 32.9 Å². The van der Waals surface area contributed by atoms with Crippen LogP contribution in [0, 0.1) is 6.92 Å². The molecule has 1 aromatic heterocycles. The summed E-state index contributed by atoms with van der Waals surface area (Å²) in [4.78, 5) is 2.70. The summed E-state index contributed by atoms with van der Waals surface area (Å²) in [6.45, 7) is 6.47. The molecule has 0 aliphatic rings. The third kappa shape index (κ3) is 3.82. The number of rotatable bonds is 4. The van der Waals surface area contributed by atoms with Crippen LogP contribution in [-0.4, -0.2) is 0 Å². The fourth-order valence-electron chi connectivity index (χ4n) is 2.09. The van der Waals surface area contributed by atoms with E-state index in [9.17, 15) is 0 Å². The van der Waals surface area contributed by atoms with E-state index >= 15 is 0 Å². The van der Waals surface area contributed by atoms with Gasteiger partial charge in [0.2, 0.25) is 0 Å². The van der Waals surface area contributed by atoms with Crippen molar-refractivity contribution in [1.82, 2.24) is 5.32 Å². The predicted molar refractivity (Wildman–Crippen MR) is 88.2 cm³/mol. The van der Waals surface area contributed by atoms with Gasteiger partial charge in [0.05, 0.1) is 0 Å². The number of aryl methyl sites for hydroxylation is 1. The first kappa shape index (κ1) is 15.0. The van der Waals surface area contributed by atoms with Crippen LogP contribution in [0.3, 0.4) is 0 Å². The first-order valence-electron chi connectivity index (χ1n) is 6.24. The summed E-state index contributed by atoms with van der Waals surface area (Å²) >= 11 is 11.6. The van der Waals surface area contributed by atoms with E-state index in [1.54, 1.807) is 0 Å². The lowest BCUT2D eigenvalue weighted by Crippen LogP contribution is -2.22. The summed E-state index contributed by atoms with van der Waals surface area (Å²) < 4.78 is 1.01. The van der Waals surface area contributed by atoms with Gasteiger partial charge in [0.1, 0.15) is 0 Å². The molecule has 1 nitrogen and oxygen atoms in total. The molecule has 2 aromatic rings. The first-order valence-corrected chi connectivity index (χ1v) is 8.23. The molecule has 0 aliphatic carbocycles. The van der Waals surface area contributed by atoms with E-state index in [0.717, 1.165) is 15.1 Å². The Hall–Kier alpha value is -0.350. The van der Waals surface area contributed by atoms with E-state index in [2.05, 4.69) is 60.2 Å². The minimum absolute atomic E-state index is 0.220. The van der Waals surface area contributed by atoms with Gasteiger partial charge in [0.15, 0.2) is 0 Å². The van der Waals surface area contributed by atoms with Gasteiger partial charge in [0.25, 0.3) is 0 Å². The lowest BCUT2D eigenvalue weighted by Gasteiger charge is -2.20. The molecule has 0 bridgehead atoms. The largest absolute Gasteiger partial charge is 0.303 e. The van der Waals surface area contributed by atoms with Gasteiger partial charge in [-0.2, -0.15) is 0 Å². The minimum atomic E-state index is 0.220. The smallest absolute Gasteiger partial charge is 0.0464 e. The van der Waals surface area contributed by atoms with Crippen LogP contribution < -0.4 is 5.32 Å². The number of halogens is 2. The predicted octanol–water partition coefficient (Wildman–Crippen LogP) is 5.88. The number of hydrogen-bond acceptors (Lipinski definition) is 2. The molecule has 0 saturated heterocycles. The third-order valence-electron chi connectivity index (χ3n) is 3.12. The van der Waals surface area contributed by atoms with Crippen molar-refractivity contribution < 1.29 is 0 Å². The van der Waals surface area contributed by atoms with Crippen LogP contribution in [0.2, 0.25) is 5.02 Å². The van der Waals surface area contributed by atoms with Crippen molar-refractivity contribution in [1.29, 1.82) is 0 Å². The van der Waals surface area contributed by atoms with E-state index in [1.807, 2.05) is 23.5 Å². The van der Waals surface area contributed by atoms with Gasteiger partial charge in [0, 0.05) is 31.3 Å². The second-order valence-corrected chi connectivity index (χ2v) is 7.37. The van der Waals surface area contributed by atoms with Gasteiger partial charge < -0.3 is 5.32 Å². The summed E-state index contributed by atoms with van der Waals surface area (Å²) in [7, 11) is 0. The van der Waals surface area contributed by atoms with E-state index in [1.165, 1.54) is 9.75 Å². The van der Waals surface area contributed by atoms with Crippen molar-refractivity contribution >= 4 is 38.9 Å². The van der Waals surface area contributed by atoms with Crippen LogP contribution in [0.1, 0.15) is 41.2 Å². The quantitative estimate of drug-likeness (QED) is 0.719. The van der Waals surface area contributed by atoms with Crippen LogP contribution in [0.5, 0.6) is 0 Å². The Morgan fingerprint density at radius 2 is 1.89 bits per heavy atom. The maximum absolute atomic E-state index is 6.29. The van der Waals surface area contributed by atoms with Crippen LogP contribution in [0.15, 0.2) is 34.8 Å². The second-order valence-electron chi connectivity index (χ2n) is 4.72. The molecule has 2 atom stereocenters. The Bertz CT molecular complexity index is 567. The van der Waals surface area contributed by atoms with E-state index in [4.69, 9.17) is 11.6 Å². The molecule has 2 unspecified atom stereocenters. The Morgan fingerprint density at radius 3 is 2.47 bits per heavy atom. The zero-order valence-electron chi connectivity index (χ0n) is 11.2. The Kier molecular flexibility index (Phi) is 5.07. The fourth-order valence-corrected chi connectivity index (χ4v) is 3.81. The lowest BCUT2D eigenvalue weighted by atomic mass is 10.1. The standard InChI is InChI=1S/C15H17BrClNS/c1-9-4-7-15(19-9)11(3)18-10(2)13-6-5-12(16)8-14(13)17/h4-8,10-11,18H,1-3H3. The molecule has 19 heavy (non-hydrogen) atoms. The zero-order chi connectivity index (χ0) is 14.0. The average molecular weight is 359 g/mol. The van der Waals surface area contributed by atoms with Gasteiger partial charge in [-0.1, -0.05) is 33.6 Å². The maximum Gasteiger partial charge on any atom is 0.0464 e. The summed E-state index contributed by atoms with van der Waals surface area (Å²) in [5.74, 6) is 0. The van der Waals surface area contributed by atoms with Gasteiger partial charge in [-0.3, -0.25) is 0 Å². The van der Waals surface area contributed by atoms with Gasteiger partial charge in [-0.15, -0.1) is 11.3 Å². The SMILES string of the molecule is Cc1ccc(C(C)NC(C)c2ccc(Br)cc2Cl)s1. The molecular weight excluding hydrogens is 342 g/mol. The van der Waals surface area contributed by atoms with Crippen molar-refractivity contribution in [3.05, 3.63) is 55.1 Å². The van der Waals surface area contributed by atoms with Crippen molar-refractivity contribution in [3.63, 3.8) is 0 Å².